The van der Waals surface area contributed by atoms with E-state index in [9.17, 15) is 4.79 Å². The lowest BCUT2D eigenvalue weighted by molar-refractivity contribution is -0.126. The summed E-state index contributed by atoms with van der Waals surface area (Å²) in [5.74, 6) is 2.44. The predicted molar refractivity (Wildman–Crippen MR) is 134 cm³/mol. The Labute approximate surface area is 204 Å². The zero-order valence-electron chi connectivity index (χ0n) is 19.4. The van der Waals surface area contributed by atoms with Crippen molar-refractivity contribution in [1.29, 1.82) is 5.26 Å². The topological polar surface area (TPSA) is 108 Å². The molecular weight excluding hydrogens is 440 g/mol. The zero-order chi connectivity index (χ0) is 24.4. The molecule has 2 N–H and O–H groups in total. The van der Waals surface area contributed by atoms with Crippen LogP contribution < -0.4 is 15.4 Å². The number of benzene rings is 2. The molecule has 35 heavy (non-hydrogen) atoms. The third-order valence-corrected chi connectivity index (χ3v) is 6.83. The number of carbonyl (C=O) groups is 1. The van der Waals surface area contributed by atoms with E-state index in [1.165, 1.54) is 6.33 Å². The van der Waals surface area contributed by atoms with E-state index in [0.29, 0.717) is 18.9 Å². The first-order valence-electron chi connectivity index (χ1n) is 11.6. The third kappa shape index (κ3) is 4.41. The minimum atomic E-state index is -0.271. The number of carbonyl (C=O) groups excluding carboxylic acids is 1. The summed E-state index contributed by atoms with van der Waals surface area (Å²) in [4.78, 5) is 25.3. The molecule has 2 aromatic carbocycles. The number of aromatic nitrogens is 2. The standard InChI is InChI=1S/C27H26N6O2/c1-19(15-28)26(34)33-14-12-27(17-33)11-13-32(16-27)25-23(24(29)30-18-31-25)20-7-9-22(10-8-20)35-21-5-3-2-4-6-21/h2-10,18H,1,11-14,16-17H2,(H2,29,30,31). The molecule has 3 heterocycles. The molecule has 0 radical (unpaired) electrons. The van der Waals surface area contributed by atoms with Crippen molar-refractivity contribution in [3.63, 3.8) is 0 Å². The number of amides is 1. The van der Waals surface area contributed by atoms with Gasteiger partial charge in [0, 0.05) is 31.6 Å². The summed E-state index contributed by atoms with van der Waals surface area (Å²) < 4.78 is 5.92. The summed E-state index contributed by atoms with van der Waals surface area (Å²) in [6, 6.07) is 19.2. The van der Waals surface area contributed by atoms with Gasteiger partial charge in [-0.25, -0.2) is 9.97 Å². The van der Waals surface area contributed by atoms with E-state index >= 15 is 0 Å². The maximum atomic E-state index is 12.4. The molecule has 3 aromatic rings. The number of nitrogen functional groups attached to an aromatic ring is 1. The van der Waals surface area contributed by atoms with Gasteiger partial charge in [-0.1, -0.05) is 36.9 Å². The van der Waals surface area contributed by atoms with Crippen molar-refractivity contribution in [2.24, 2.45) is 5.41 Å². The highest BCUT2D eigenvalue weighted by molar-refractivity contribution is 5.96. The highest BCUT2D eigenvalue weighted by Crippen LogP contribution is 2.44. The first kappa shape index (κ1) is 22.4. The van der Waals surface area contributed by atoms with Gasteiger partial charge in [0.25, 0.3) is 5.91 Å². The second kappa shape index (κ2) is 9.11. The molecule has 2 saturated heterocycles. The summed E-state index contributed by atoms with van der Waals surface area (Å²) >= 11 is 0. The number of nitrogens with zero attached hydrogens (tertiary/aromatic N) is 5. The van der Waals surface area contributed by atoms with Gasteiger partial charge in [-0.15, -0.1) is 0 Å². The SMILES string of the molecule is C=C(C#N)C(=O)N1CCC2(CCN(c3ncnc(N)c3-c3ccc(Oc4ccccc4)cc3)C2)C1. The first-order chi connectivity index (χ1) is 17.0. The number of anilines is 2. The molecule has 1 spiro atoms. The smallest absolute Gasteiger partial charge is 0.263 e. The van der Waals surface area contributed by atoms with E-state index in [-0.39, 0.29) is 16.9 Å². The van der Waals surface area contributed by atoms with Gasteiger partial charge in [0.1, 0.15) is 41.1 Å². The van der Waals surface area contributed by atoms with Crippen LogP contribution in [0.5, 0.6) is 11.5 Å². The number of hydrogen-bond acceptors (Lipinski definition) is 7. The van der Waals surface area contributed by atoms with Crippen molar-refractivity contribution in [2.75, 3.05) is 36.8 Å². The van der Waals surface area contributed by atoms with E-state index < -0.39 is 0 Å². The van der Waals surface area contributed by atoms with Crippen molar-refractivity contribution >= 4 is 17.5 Å². The number of nitrogens with two attached hydrogens (primary N) is 1. The lowest BCUT2D eigenvalue weighted by atomic mass is 9.86. The van der Waals surface area contributed by atoms with Crippen LogP contribution in [0.1, 0.15) is 12.8 Å². The number of likely N-dealkylation sites (tertiary alicyclic amines) is 1. The molecule has 1 unspecified atom stereocenters. The molecular formula is C27H26N6O2. The number of hydrogen-bond donors (Lipinski definition) is 1. The van der Waals surface area contributed by atoms with Crippen molar-refractivity contribution in [3.05, 3.63) is 73.1 Å². The number of rotatable bonds is 5. The highest BCUT2D eigenvalue weighted by atomic mass is 16.5. The largest absolute Gasteiger partial charge is 0.457 e. The molecule has 8 heteroatoms. The minimum absolute atomic E-state index is 0.0116. The second-order valence-electron chi connectivity index (χ2n) is 9.14. The van der Waals surface area contributed by atoms with Crippen LogP contribution in [0.15, 0.2) is 73.1 Å². The first-order valence-corrected chi connectivity index (χ1v) is 11.6. The monoisotopic (exact) mass is 466 g/mol. The second-order valence-corrected chi connectivity index (χ2v) is 9.14. The lowest BCUT2D eigenvalue weighted by Gasteiger charge is -2.26. The van der Waals surface area contributed by atoms with Crippen LogP contribution >= 0.6 is 0 Å². The molecule has 2 aliphatic heterocycles. The van der Waals surface area contributed by atoms with Gasteiger partial charge >= 0.3 is 0 Å². The lowest BCUT2D eigenvalue weighted by Crippen LogP contribution is -2.34. The molecule has 1 amide bonds. The van der Waals surface area contributed by atoms with Gasteiger partial charge < -0.3 is 20.3 Å². The highest BCUT2D eigenvalue weighted by Gasteiger charge is 2.45. The normalized spacial score (nSPS) is 19.1. The van der Waals surface area contributed by atoms with Crippen LogP contribution in [-0.2, 0) is 4.79 Å². The fraction of sp³-hybridized carbons (Fsp3) is 0.259. The van der Waals surface area contributed by atoms with Gasteiger partial charge in [0.05, 0.1) is 5.56 Å². The molecule has 2 fully saturated rings. The average Bonchev–Trinajstić information content (AvgIpc) is 3.51. The fourth-order valence-corrected chi connectivity index (χ4v) is 5.02. The average molecular weight is 467 g/mol. The summed E-state index contributed by atoms with van der Waals surface area (Å²) in [6.07, 6.45) is 3.31. The summed E-state index contributed by atoms with van der Waals surface area (Å²) in [5.41, 5.74) is 7.99. The molecule has 1 aromatic heterocycles. The number of para-hydroxylation sites is 1. The van der Waals surface area contributed by atoms with Crippen molar-refractivity contribution in [3.8, 4) is 28.7 Å². The van der Waals surface area contributed by atoms with Gasteiger partial charge in [-0.3, -0.25) is 4.79 Å². The Morgan fingerprint density at radius 1 is 1.03 bits per heavy atom. The number of nitriles is 1. The zero-order valence-corrected chi connectivity index (χ0v) is 19.4. The molecule has 8 nitrogen and oxygen atoms in total. The van der Waals surface area contributed by atoms with Crippen LogP contribution in [0.4, 0.5) is 11.6 Å². The Kier molecular flexibility index (Phi) is 5.83. The maximum Gasteiger partial charge on any atom is 0.263 e. The Hall–Kier alpha value is -4.38. The summed E-state index contributed by atoms with van der Waals surface area (Å²) in [7, 11) is 0. The van der Waals surface area contributed by atoms with E-state index in [4.69, 9.17) is 15.7 Å². The molecule has 5 rings (SSSR count). The van der Waals surface area contributed by atoms with Crippen LogP contribution in [-0.4, -0.2) is 47.0 Å². The van der Waals surface area contributed by atoms with Gasteiger partial charge in [-0.05, 0) is 42.7 Å². The Morgan fingerprint density at radius 2 is 1.74 bits per heavy atom. The van der Waals surface area contributed by atoms with Gasteiger partial charge in [0.15, 0.2) is 0 Å². The van der Waals surface area contributed by atoms with Crippen molar-refractivity contribution in [2.45, 2.75) is 12.8 Å². The van der Waals surface area contributed by atoms with Crippen LogP contribution in [0.25, 0.3) is 11.1 Å². The molecule has 0 aliphatic carbocycles. The quantitative estimate of drug-likeness (QED) is 0.447. The van der Waals surface area contributed by atoms with Crippen LogP contribution in [0, 0.1) is 16.7 Å². The minimum Gasteiger partial charge on any atom is -0.457 e. The van der Waals surface area contributed by atoms with E-state index in [0.717, 1.165) is 54.4 Å². The fourth-order valence-electron chi connectivity index (χ4n) is 5.02. The van der Waals surface area contributed by atoms with Crippen LogP contribution in [0.2, 0.25) is 0 Å². The van der Waals surface area contributed by atoms with Crippen molar-refractivity contribution in [1.82, 2.24) is 14.9 Å². The molecule has 0 saturated carbocycles. The molecule has 1 atom stereocenters. The Morgan fingerprint density at radius 3 is 2.49 bits per heavy atom. The molecule has 176 valence electrons. The number of ether oxygens (including phenoxy) is 1. The summed E-state index contributed by atoms with van der Waals surface area (Å²) in [6.45, 7) is 6.39. The van der Waals surface area contributed by atoms with Crippen molar-refractivity contribution < 1.29 is 9.53 Å². The molecule has 0 bridgehead atoms. The molecule has 2 aliphatic rings. The van der Waals surface area contributed by atoms with E-state index in [1.807, 2.05) is 60.7 Å². The predicted octanol–water partition coefficient (Wildman–Crippen LogP) is 4.03. The third-order valence-electron chi connectivity index (χ3n) is 6.83. The van der Waals surface area contributed by atoms with Gasteiger partial charge in [0.2, 0.25) is 0 Å². The summed E-state index contributed by atoms with van der Waals surface area (Å²) in [5, 5.41) is 9.03. The maximum absolute atomic E-state index is 12.4. The Bertz CT molecular complexity index is 1300. The Balaban J connectivity index is 1.36. The van der Waals surface area contributed by atoms with E-state index in [1.54, 1.807) is 4.90 Å². The van der Waals surface area contributed by atoms with Gasteiger partial charge in [-0.2, -0.15) is 5.26 Å². The van der Waals surface area contributed by atoms with Crippen LogP contribution in [0.3, 0.4) is 0 Å². The van der Waals surface area contributed by atoms with E-state index in [2.05, 4.69) is 21.4 Å².